The van der Waals surface area contributed by atoms with Gasteiger partial charge >= 0.3 is 0 Å². The Hall–Kier alpha value is -3.62. The number of pyridine rings is 4. The van der Waals surface area contributed by atoms with Crippen LogP contribution in [0.4, 0.5) is 0 Å². The molecule has 4 aromatic rings. The fourth-order valence-electron chi connectivity index (χ4n) is 4.16. The average molecular weight is 513 g/mol. The number of hydrogen-bond acceptors (Lipinski definition) is 7. The molecule has 0 aliphatic rings. The van der Waals surface area contributed by atoms with Crippen molar-refractivity contribution in [1.82, 2.24) is 29.7 Å². The van der Waals surface area contributed by atoms with Crippen molar-refractivity contribution < 1.29 is 4.79 Å². The van der Waals surface area contributed by atoms with E-state index in [1.807, 2.05) is 77.7 Å². The molecular formula is C29H32N6OS. The van der Waals surface area contributed by atoms with Gasteiger partial charge in [-0.2, -0.15) is 11.8 Å². The maximum atomic E-state index is 14.4. The normalized spacial score (nSPS) is 11.8. The largest absolute Gasteiger partial charge is 0.330 e. The summed E-state index contributed by atoms with van der Waals surface area (Å²) in [4.78, 5) is 36.5. The van der Waals surface area contributed by atoms with Gasteiger partial charge in [-0.1, -0.05) is 24.3 Å². The second kappa shape index (κ2) is 14.2. The summed E-state index contributed by atoms with van der Waals surface area (Å²) >= 11 is 1.74. The third-order valence-electron chi connectivity index (χ3n) is 5.97. The minimum absolute atomic E-state index is 0.0530. The van der Waals surface area contributed by atoms with E-state index in [1.165, 1.54) is 0 Å². The van der Waals surface area contributed by atoms with Crippen LogP contribution in [0.15, 0.2) is 97.6 Å². The first kappa shape index (κ1) is 26.4. The van der Waals surface area contributed by atoms with E-state index in [4.69, 9.17) is 0 Å². The van der Waals surface area contributed by atoms with Gasteiger partial charge in [0, 0.05) is 37.9 Å². The van der Waals surface area contributed by atoms with Crippen LogP contribution in [0.1, 0.15) is 29.2 Å². The van der Waals surface area contributed by atoms with Crippen LogP contribution >= 0.6 is 11.8 Å². The molecule has 4 heterocycles. The molecule has 1 amide bonds. The first-order valence-electron chi connectivity index (χ1n) is 12.3. The van der Waals surface area contributed by atoms with E-state index in [0.29, 0.717) is 32.6 Å². The Labute approximate surface area is 223 Å². The molecule has 0 spiro atoms. The predicted molar refractivity (Wildman–Crippen MR) is 147 cm³/mol. The molecular weight excluding hydrogens is 480 g/mol. The molecule has 190 valence electrons. The fraction of sp³-hybridized carbons (Fsp3) is 0.276. The maximum absolute atomic E-state index is 14.4. The van der Waals surface area contributed by atoms with Gasteiger partial charge in [0.25, 0.3) is 0 Å². The van der Waals surface area contributed by atoms with Crippen LogP contribution < -0.4 is 0 Å². The molecule has 4 rings (SSSR count). The summed E-state index contributed by atoms with van der Waals surface area (Å²) < 4.78 is 0. The van der Waals surface area contributed by atoms with Gasteiger partial charge in [0.15, 0.2) is 0 Å². The van der Waals surface area contributed by atoms with Gasteiger partial charge < -0.3 is 4.90 Å². The van der Waals surface area contributed by atoms with Crippen molar-refractivity contribution in [2.45, 2.75) is 38.6 Å². The van der Waals surface area contributed by atoms with E-state index in [0.717, 1.165) is 28.5 Å². The Kier molecular flexibility index (Phi) is 10.2. The molecule has 0 aromatic carbocycles. The van der Waals surface area contributed by atoms with Crippen molar-refractivity contribution >= 4 is 17.7 Å². The summed E-state index contributed by atoms with van der Waals surface area (Å²) in [6.07, 6.45) is 9.89. The van der Waals surface area contributed by atoms with Crippen LogP contribution in [0.5, 0.6) is 0 Å². The monoisotopic (exact) mass is 512 g/mol. The maximum Gasteiger partial charge on any atom is 0.240 e. The van der Waals surface area contributed by atoms with Crippen molar-refractivity contribution in [2.24, 2.45) is 0 Å². The van der Waals surface area contributed by atoms with E-state index in [9.17, 15) is 4.79 Å². The lowest BCUT2D eigenvalue weighted by molar-refractivity contribution is -0.139. The molecule has 0 saturated carbocycles. The molecule has 0 aliphatic carbocycles. The van der Waals surface area contributed by atoms with Gasteiger partial charge in [-0.3, -0.25) is 29.6 Å². The SMILES string of the molecule is CSCC[C@@H](C(=O)N(Cc1ccccn1)Cc1ccccn1)N(Cc1ccccn1)Cc1ccccn1. The molecule has 0 N–H and O–H groups in total. The van der Waals surface area contributed by atoms with Crippen LogP contribution in [0.2, 0.25) is 0 Å². The molecule has 8 heteroatoms. The lowest BCUT2D eigenvalue weighted by Gasteiger charge is -2.34. The molecule has 37 heavy (non-hydrogen) atoms. The van der Waals surface area contributed by atoms with Crippen LogP contribution in [0, 0.1) is 0 Å². The van der Waals surface area contributed by atoms with Gasteiger partial charge in [-0.05, 0) is 67.0 Å². The van der Waals surface area contributed by atoms with E-state index < -0.39 is 0 Å². The van der Waals surface area contributed by atoms with Crippen LogP contribution in [-0.4, -0.2) is 53.7 Å². The summed E-state index contributed by atoms with van der Waals surface area (Å²) in [5, 5.41) is 0. The number of carbonyl (C=O) groups excluding carboxylic acids is 1. The highest BCUT2D eigenvalue weighted by atomic mass is 32.2. The first-order chi connectivity index (χ1) is 18.2. The molecule has 7 nitrogen and oxygen atoms in total. The minimum Gasteiger partial charge on any atom is -0.330 e. The second-order valence-corrected chi connectivity index (χ2v) is 9.67. The van der Waals surface area contributed by atoms with Crippen LogP contribution in [0.3, 0.4) is 0 Å². The number of hydrogen-bond donors (Lipinski definition) is 0. The van der Waals surface area contributed by atoms with Crippen molar-refractivity contribution in [3.8, 4) is 0 Å². The molecule has 0 radical (unpaired) electrons. The van der Waals surface area contributed by atoms with Gasteiger partial charge in [-0.15, -0.1) is 0 Å². The molecule has 0 unspecified atom stereocenters. The number of aromatic nitrogens is 4. The Morgan fingerprint density at radius 2 is 1.08 bits per heavy atom. The van der Waals surface area contributed by atoms with Crippen molar-refractivity contribution in [3.63, 3.8) is 0 Å². The Morgan fingerprint density at radius 3 is 1.43 bits per heavy atom. The number of rotatable bonds is 13. The molecule has 4 aromatic heterocycles. The highest BCUT2D eigenvalue weighted by molar-refractivity contribution is 7.98. The molecule has 1 atom stereocenters. The lowest BCUT2D eigenvalue weighted by Crippen LogP contribution is -2.48. The first-order valence-corrected chi connectivity index (χ1v) is 13.7. The summed E-state index contributed by atoms with van der Waals surface area (Å²) in [7, 11) is 0. The number of nitrogens with zero attached hydrogens (tertiary/aromatic N) is 6. The summed E-state index contributed by atoms with van der Waals surface area (Å²) in [5.74, 6) is 0.912. The van der Waals surface area contributed by atoms with E-state index in [1.54, 1.807) is 36.5 Å². The zero-order valence-electron chi connectivity index (χ0n) is 21.1. The highest BCUT2D eigenvalue weighted by Gasteiger charge is 2.31. The molecule has 0 aliphatic heterocycles. The summed E-state index contributed by atoms with van der Waals surface area (Å²) in [6, 6.07) is 23.0. The van der Waals surface area contributed by atoms with Gasteiger partial charge in [0.1, 0.15) is 0 Å². The third kappa shape index (κ3) is 8.20. The number of carbonyl (C=O) groups is 1. The molecule has 0 fully saturated rings. The van der Waals surface area contributed by atoms with Crippen LogP contribution in [0.25, 0.3) is 0 Å². The second-order valence-electron chi connectivity index (χ2n) is 8.68. The van der Waals surface area contributed by atoms with E-state index in [2.05, 4.69) is 31.1 Å². The Bertz CT molecular complexity index is 1120. The summed E-state index contributed by atoms with van der Waals surface area (Å²) in [6.45, 7) is 1.91. The van der Waals surface area contributed by atoms with E-state index in [-0.39, 0.29) is 11.9 Å². The average Bonchev–Trinajstić information content (AvgIpc) is 2.95. The van der Waals surface area contributed by atoms with Gasteiger partial charge in [-0.25, -0.2) is 0 Å². The lowest BCUT2D eigenvalue weighted by atomic mass is 10.1. The third-order valence-corrected chi connectivity index (χ3v) is 6.62. The molecule has 0 saturated heterocycles. The van der Waals surface area contributed by atoms with E-state index >= 15 is 0 Å². The van der Waals surface area contributed by atoms with Crippen LogP contribution in [-0.2, 0) is 31.0 Å². The van der Waals surface area contributed by atoms with Crippen molar-refractivity contribution in [3.05, 3.63) is 120 Å². The smallest absolute Gasteiger partial charge is 0.240 e. The highest BCUT2D eigenvalue weighted by Crippen LogP contribution is 2.20. The predicted octanol–water partition coefficient (Wildman–Crippen LogP) is 4.62. The van der Waals surface area contributed by atoms with Crippen molar-refractivity contribution in [2.75, 3.05) is 12.0 Å². The topological polar surface area (TPSA) is 75.1 Å². The zero-order valence-corrected chi connectivity index (χ0v) is 21.9. The Morgan fingerprint density at radius 1 is 0.676 bits per heavy atom. The quantitative estimate of drug-likeness (QED) is 0.259. The zero-order chi connectivity index (χ0) is 25.7. The minimum atomic E-state index is -0.358. The Balaban J connectivity index is 1.67. The van der Waals surface area contributed by atoms with Crippen molar-refractivity contribution in [1.29, 1.82) is 0 Å². The summed E-state index contributed by atoms with van der Waals surface area (Å²) in [5.41, 5.74) is 3.52. The fourth-order valence-corrected chi connectivity index (χ4v) is 4.62. The number of thioether (sulfide) groups is 1. The molecule has 0 bridgehead atoms. The standard InChI is InChI=1S/C29H32N6OS/c1-37-19-14-28(34(20-24-10-2-6-15-30-24)21-25-11-3-7-16-31-25)29(36)35(22-26-12-4-8-17-32-26)23-27-13-5-9-18-33-27/h2-13,15-18,28H,14,19-23H2,1H3/t28-/m0/s1. The number of amides is 1. The van der Waals surface area contributed by atoms with Gasteiger partial charge in [0.2, 0.25) is 5.91 Å². The van der Waals surface area contributed by atoms with Gasteiger partial charge in [0.05, 0.1) is 41.9 Å².